The SMILES string of the molecule is CC(N)CCCn1ccnc1-c1cccs1. The number of hydrogen-bond acceptors (Lipinski definition) is 3. The topological polar surface area (TPSA) is 43.8 Å². The smallest absolute Gasteiger partial charge is 0.149 e. The molecule has 0 saturated heterocycles. The maximum absolute atomic E-state index is 5.74. The Morgan fingerprint density at radius 1 is 1.56 bits per heavy atom. The first kappa shape index (κ1) is 11.4. The van der Waals surface area contributed by atoms with E-state index in [4.69, 9.17) is 5.73 Å². The minimum Gasteiger partial charge on any atom is -0.330 e. The number of aryl methyl sites for hydroxylation is 1. The monoisotopic (exact) mass is 235 g/mol. The van der Waals surface area contributed by atoms with Crippen LogP contribution in [0.15, 0.2) is 29.9 Å². The summed E-state index contributed by atoms with van der Waals surface area (Å²) in [6.07, 6.45) is 6.06. The lowest BCUT2D eigenvalue weighted by Gasteiger charge is -2.08. The van der Waals surface area contributed by atoms with Crippen LogP contribution in [0.2, 0.25) is 0 Å². The minimum absolute atomic E-state index is 0.286. The summed E-state index contributed by atoms with van der Waals surface area (Å²) in [4.78, 5) is 5.63. The number of aromatic nitrogens is 2. The number of nitrogens with two attached hydrogens (primary N) is 1. The Bertz CT molecular complexity index is 417. The van der Waals surface area contributed by atoms with Gasteiger partial charge < -0.3 is 10.3 Å². The predicted molar refractivity (Wildman–Crippen MR) is 68.4 cm³/mol. The minimum atomic E-state index is 0.286. The van der Waals surface area contributed by atoms with Crippen LogP contribution in [-0.4, -0.2) is 15.6 Å². The van der Waals surface area contributed by atoms with Gasteiger partial charge in [-0.1, -0.05) is 6.07 Å². The number of nitrogens with zero attached hydrogens (tertiary/aromatic N) is 2. The molecule has 0 aliphatic carbocycles. The molecular formula is C12H17N3S. The maximum Gasteiger partial charge on any atom is 0.149 e. The van der Waals surface area contributed by atoms with Crippen LogP contribution in [0.5, 0.6) is 0 Å². The van der Waals surface area contributed by atoms with Gasteiger partial charge in [0.15, 0.2) is 0 Å². The standard InChI is InChI=1S/C12H17N3S/c1-10(13)4-2-7-15-8-6-14-12(15)11-5-3-9-16-11/h3,5-6,8-10H,2,4,7,13H2,1H3. The summed E-state index contributed by atoms with van der Waals surface area (Å²) in [6.45, 7) is 3.04. The zero-order valence-electron chi connectivity index (χ0n) is 9.47. The van der Waals surface area contributed by atoms with Crippen LogP contribution in [0.4, 0.5) is 0 Å². The van der Waals surface area contributed by atoms with Crippen molar-refractivity contribution in [3.05, 3.63) is 29.9 Å². The first-order valence-corrected chi connectivity index (χ1v) is 6.46. The molecule has 0 radical (unpaired) electrons. The van der Waals surface area contributed by atoms with Gasteiger partial charge in [0.2, 0.25) is 0 Å². The average Bonchev–Trinajstić information content (AvgIpc) is 2.84. The van der Waals surface area contributed by atoms with Gasteiger partial charge in [-0.25, -0.2) is 4.98 Å². The van der Waals surface area contributed by atoms with Crippen molar-refractivity contribution in [1.29, 1.82) is 0 Å². The van der Waals surface area contributed by atoms with Crippen molar-refractivity contribution in [1.82, 2.24) is 9.55 Å². The summed E-state index contributed by atoms with van der Waals surface area (Å²) in [5.41, 5.74) is 5.74. The van der Waals surface area contributed by atoms with Gasteiger partial charge in [0.05, 0.1) is 4.88 Å². The van der Waals surface area contributed by atoms with Crippen molar-refractivity contribution in [3.63, 3.8) is 0 Å². The van der Waals surface area contributed by atoms with E-state index < -0.39 is 0 Å². The van der Waals surface area contributed by atoms with Crippen LogP contribution in [0, 0.1) is 0 Å². The van der Waals surface area contributed by atoms with E-state index >= 15 is 0 Å². The van der Waals surface area contributed by atoms with E-state index in [0.29, 0.717) is 0 Å². The van der Waals surface area contributed by atoms with Gasteiger partial charge in [-0.05, 0) is 31.2 Å². The summed E-state index contributed by atoms with van der Waals surface area (Å²) in [5.74, 6) is 1.07. The third-order valence-corrected chi connectivity index (χ3v) is 3.38. The summed E-state index contributed by atoms with van der Waals surface area (Å²) in [7, 11) is 0. The van der Waals surface area contributed by atoms with Crippen LogP contribution < -0.4 is 5.73 Å². The molecule has 16 heavy (non-hydrogen) atoms. The fraction of sp³-hybridized carbons (Fsp3) is 0.417. The van der Waals surface area contributed by atoms with Crippen LogP contribution in [0.3, 0.4) is 0 Å². The highest BCUT2D eigenvalue weighted by Gasteiger charge is 2.06. The molecule has 0 aromatic carbocycles. The largest absolute Gasteiger partial charge is 0.330 e. The molecule has 0 spiro atoms. The van der Waals surface area contributed by atoms with E-state index in [-0.39, 0.29) is 6.04 Å². The zero-order chi connectivity index (χ0) is 11.4. The Labute approximate surface area is 99.9 Å². The highest BCUT2D eigenvalue weighted by molar-refractivity contribution is 7.13. The summed E-state index contributed by atoms with van der Waals surface area (Å²) >= 11 is 1.73. The van der Waals surface area contributed by atoms with Crippen LogP contribution in [-0.2, 0) is 6.54 Å². The molecule has 1 unspecified atom stereocenters. The van der Waals surface area contributed by atoms with E-state index in [1.807, 2.05) is 19.3 Å². The normalized spacial score (nSPS) is 12.9. The summed E-state index contributed by atoms with van der Waals surface area (Å²) in [6, 6.07) is 4.45. The van der Waals surface area contributed by atoms with Gasteiger partial charge in [-0.3, -0.25) is 0 Å². The van der Waals surface area contributed by atoms with Crippen molar-refractivity contribution >= 4 is 11.3 Å². The first-order valence-electron chi connectivity index (χ1n) is 5.58. The Morgan fingerprint density at radius 3 is 3.12 bits per heavy atom. The molecule has 2 rings (SSSR count). The van der Waals surface area contributed by atoms with E-state index in [1.165, 1.54) is 4.88 Å². The number of rotatable bonds is 5. The fourth-order valence-electron chi connectivity index (χ4n) is 1.70. The molecule has 0 aliphatic rings. The van der Waals surface area contributed by atoms with E-state index in [2.05, 4.69) is 27.1 Å². The Morgan fingerprint density at radius 2 is 2.44 bits per heavy atom. The lowest BCUT2D eigenvalue weighted by molar-refractivity contribution is 0.561. The van der Waals surface area contributed by atoms with Crippen molar-refractivity contribution in [2.24, 2.45) is 5.73 Å². The molecule has 2 heterocycles. The lowest BCUT2D eigenvalue weighted by atomic mass is 10.2. The average molecular weight is 235 g/mol. The van der Waals surface area contributed by atoms with Crippen molar-refractivity contribution in [2.75, 3.05) is 0 Å². The first-order chi connectivity index (χ1) is 7.77. The van der Waals surface area contributed by atoms with Crippen molar-refractivity contribution in [3.8, 4) is 10.7 Å². The summed E-state index contributed by atoms with van der Waals surface area (Å²) < 4.78 is 2.20. The van der Waals surface area contributed by atoms with E-state index in [9.17, 15) is 0 Å². The molecular weight excluding hydrogens is 218 g/mol. The van der Waals surface area contributed by atoms with Crippen LogP contribution in [0.1, 0.15) is 19.8 Å². The Hall–Kier alpha value is -1.13. The molecule has 0 saturated carbocycles. The molecule has 86 valence electrons. The highest BCUT2D eigenvalue weighted by Crippen LogP contribution is 2.23. The highest BCUT2D eigenvalue weighted by atomic mass is 32.1. The molecule has 0 amide bonds. The number of imidazole rings is 1. The third-order valence-electron chi connectivity index (χ3n) is 2.52. The molecule has 2 N–H and O–H groups in total. The van der Waals surface area contributed by atoms with Gasteiger partial charge >= 0.3 is 0 Å². The Balaban J connectivity index is 2.03. The van der Waals surface area contributed by atoms with Gasteiger partial charge in [0.1, 0.15) is 5.82 Å². The van der Waals surface area contributed by atoms with Gasteiger partial charge in [0, 0.05) is 25.0 Å². The van der Waals surface area contributed by atoms with E-state index in [0.717, 1.165) is 25.2 Å². The molecule has 0 fully saturated rings. The second kappa shape index (κ2) is 5.27. The Kier molecular flexibility index (Phi) is 3.74. The zero-order valence-corrected chi connectivity index (χ0v) is 10.3. The van der Waals surface area contributed by atoms with Crippen LogP contribution >= 0.6 is 11.3 Å². The molecule has 1 atom stereocenters. The molecule has 4 heteroatoms. The second-order valence-electron chi connectivity index (χ2n) is 4.04. The van der Waals surface area contributed by atoms with Crippen molar-refractivity contribution in [2.45, 2.75) is 32.4 Å². The predicted octanol–water partition coefficient (Wildman–Crippen LogP) is 2.74. The van der Waals surface area contributed by atoms with E-state index in [1.54, 1.807) is 11.3 Å². The van der Waals surface area contributed by atoms with Crippen molar-refractivity contribution < 1.29 is 0 Å². The molecule has 2 aromatic heterocycles. The fourth-order valence-corrected chi connectivity index (χ4v) is 2.44. The van der Waals surface area contributed by atoms with Gasteiger partial charge in [-0.15, -0.1) is 11.3 Å². The molecule has 0 aliphatic heterocycles. The number of thiophene rings is 1. The molecule has 0 bridgehead atoms. The van der Waals surface area contributed by atoms with Gasteiger partial charge in [0.25, 0.3) is 0 Å². The maximum atomic E-state index is 5.74. The third kappa shape index (κ3) is 2.71. The molecule has 2 aromatic rings. The van der Waals surface area contributed by atoms with Crippen LogP contribution in [0.25, 0.3) is 10.7 Å². The quantitative estimate of drug-likeness (QED) is 0.866. The van der Waals surface area contributed by atoms with Gasteiger partial charge in [-0.2, -0.15) is 0 Å². The molecule has 3 nitrogen and oxygen atoms in total. The summed E-state index contributed by atoms with van der Waals surface area (Å²) in [5, 5.41) is 2.08. The lowest BCUT2D eigenvalue weighted by Crippen LogP contribution is -2.15. The second-order valence-corrected chi connectivity index (χ2v) is 4.99. The number of hydrogen-bond donors (Lipinski definition) is 1.